The van der Waals surface area contributed by atoms with Crippen LogP contribution in [0.3, 0.4) is 0 Å². The molecule has 0 radical (unpaired) electrons. The molecule has 1 unspecified atom stereocenters. The molecule has 1 saturated heterocycles. The van der Waals surface area contributed by atoms with Crippen LogP contribution in [-0.2, 0) is 17.8 Å². The fourth-order valence-electron chi connectivity index (χ4n) is 4.55. The lowest BCUT2D eigenvalue weighted by Gasteiger charge is -2.14. The third-order valence-electron chi connectivity index (χ3n) is 6.57. The van der Waals surface area contributed by atoms with Crippen LogP contribution in [0, 0.1) is 12.3 Å². The Bertz CT molecular complexity index is 1590. The Morgan fingerprint density at radius 1 is 1.05 bits per heavy atom. The number of benzene rings is 3. The zero-order valence-corrected chi connectivity index (χ0v) is 20.6. The lowest BCUT2D eigenvalue weighted by molar-refractivity contribution is 0.383. The van der Waals surface area contributed by atoms with Crippen molar-refractivity contribution in [2.75, 3.05) is 17.2 Å². The number of aromatic nitrogens is 3. The third kappa shape index (κ3) is 5.22. The maximum absolute atomic E-state index is 7.95. The summed E-state index contributed by atoms with van der Waals surface area (Å²) in [6.45, 7) is 4.52. The molecule has 1 aliphatic heterocycles. The third-order valence-corrected chi connectivity index (χ3v) is 6.57. The van der Waals surface area contributed by atoms with Gasteiger partial charge in [0.1, 0.15) is 12.1 Å². The van der Waals surface area contributed by atoms with Crippen molar-refractivity contribution in [2.45, 2.75) is 26.1 Å². The molecule has 37 heavy (non-hydrogen) atoms. The second kappa shape index (κ2) is 9.87. The molecule has 3 N–H and O–H groups in total. The maximum atomic E-state index is 7.95. The molecule has 2 aromatic heterocycles. The first-order valence-corrected chi connectivity index (χ1v) is 12.4. The zero-order chi connectivity index (χ0) is 25.2. The molecular weight excluding hydrogens is 460 g/mol. The normalized spacial score (nSPS) is 14.5. The van der Waals surface area contributed by atoms with E-state index < -0.39 is 0 Å². The molecule has 184 valence electrons. The standard InChI is InChI=1S/C30H28N6O/c1-20-3-2-4-21(11-20)15-32-28-8-6-25(12-24(28)14-31)35-30-27-13-22(5-7-29(27)33-19-34-30)23-9-10-36(16-23)17-26-18-37-26/h2-14,16,19,26,31-32H,15,17-18H2,1H3,(H,33,34,35). The highest BCUT2D eigenvalue weighted by molar-refractivity contribution is 5.94. The highest BCUT2D eigenvalue weighted by Gasteiger charge is 2.22. The second-order valence-corrected chi connectivity index (χ2v) is 9.42. The van der Waals surface area contributed by atoms with Gasteiger partial charge >= 0.3 is 0 Å². The average molecular weight is 489 g/mol. The number of fused-ring (bicyclic) bond motifs is 1. The Balaban J connectivity index is 1.24. The molecule has 0 aliphatic carbocycles. The second-order valence-electron chi connectivity index (χ2n) is 9.42. The van der Waals surface area contributed by atoms with Crippen molar-refractivity contribution < 1.29 is 4.74 Å². The van der Waals surface area contributed by atoms with Crippen molar-refractivity contribution in [1.29, 1.82) is 5.41 Å². The van der Waals surface area contributed by atoms with E-state index in [1.165, 1.54) is 17.3 Å². The molecule has 1 aliphatic rings. The quantitative estimate of drug-likeness (QED) is 0.171. The van der Waals surface area contributed by atoms with Crippen molar-refractivity contribution >= 4 is 34.3 Å². The fourth-order valence-corrected chi connectivity index (χ4v) is 4.55. The molecule has 3 aromatic carbocycles. The molecule has 3 heterocycles. The number of nitrogens with one attached hydrogen (secondary N) is 3. The SMILES string of the molecule is Cc1cccc(CNc2ccc(Nc3ncnc4ccc(-c5ccn(CC6CO6)c5)cc34)cc2C=N)c1. The monoisotopic (exact) mass is 488 g/mol. The number of nitrogens with zero attached hydrogens (tertiary/aromatic N) is 3. The number of aryl methyl sites for hydroxylation is 1. The Kier molecular flexibility index (Phi) is 6.12. The molecule has 0 saturated carbocycles. The Hall–Kier alpha value is -4.49. The predicted octanol–water partition coefficient (Wildman–Crippen LogP) is 6.16. The van der Waals surface area contributed by atoms with Crippen LogP contribution < -0.4 is 10.6 Å². The average Bonchev–Trinajstić information content (AvgIpc) is 3.61. The molecule has 6 rings (SSSR count). The summed E-state index contributed by atoms with van der Waals surface area (Å²) < 4.78 is 7.53. The number of ether oxygens (including phenoxy) is 1. The van der Waals surface area contributed by atoms with Crippen molar-refractivity contribution in [3.8, 4) is 11.1 Å². The van der Waals surface area contributed by atoms with Gasteiger partial charge in [-0.3, -0.25) is 0 Å². The maximum Gasteiger partial charge on any atom is 0.141 e. The van der Waals surface area contributed by atoms with Crippen LogP contribution in [0.1, 0.15) is 16.7 Å². The summed E-state index contributed by atoms with van der Waals surface area (Å²) in [6, 6.07) is 22.8. The van der Waals surface area contributed by atoms with E-state index in [1.807, 2.05) is 24.3 Å². The molecule has 1 atom stereocenters. The number of rotatable bonds is 9. The molecule has 0 bridgehead atoms. The molecule has 1 fully saturated rings. The number of hydrogen-bond acceptors (Lipinski definition) is 6. The Morgan fingerprint density at radius 2 is 1.97 bits per heavy atom. The summed E-state index contributed by atoms with van der Waals surface area (Å²) in [5.41, 5.74) is 8.14. The number of anilines is 3. The van der Waals surface area contributed by atoms with Crippen LogP contribution in [0.15, 0.2) is 85.5 Å². The van der Waals surface area contributed by atoms with Gasteiger partial charge in [0, 0.05) is 47.5 Å². The summed E-state index contributed by atoms with van der Waals surface area (Å²) in [7, 11) is 0. The van der Waals surface area contributed by atoms with E-state index in [0.717, 1.165) is 57.9 Å². The van der Waals surface area contributed by atoms with Gasteiger partial charge in [0.25, 0.3) is 0 Å². The minimum Gasteiger partial charge on any atom is -0.380 e. The van der Waals surface area contributed by atoms with Gasteiger partial charge in [-0.05, 0) is 60.0 Å². The summed E-state index contributed by atoms with van der Waals surface area (Å²) >= 11 is 0. The fraction of sp³-hybridized carbons (Fsp3) is 0.167. The zero-order valence-electron chi connectivity index (χ0n) is 20.6. The summed E-state index contributed by atoms with van der Waals surface area (Å²) in [5.74, 6) is 0.731. The summed E-state index contributed by atoms with van der Waals surface area (Å²) in [5, 5.41) is 15.8. The van der Waals surface area contributed by atoms with E-state index in [9.17, 15) is 0 Å². The molecule has 7 heteroatoms. The Labute approximate surface area is 215 Å². The molecule has 7 nitrogen and oxygen atoms in total. The predicted molar refractivity (Wildman–Crippen MR) is 149 cm³/mol. The largest absolute Gasteiger partial charge is 0.380 e. The van der Waals surface area contributed by atoms with E-state index in [1.54, 1.807) is 6.33 Å². The first kappa shape index (κ1) is 22.9. The van der Waals surface area contributed by atoms with Crippen LogP contribution in [-0.4, -0.2) is 33.5 Å². The summed E-state index contributed by atoms with van der Waals surface area (Å²) in [4.78, 5) is 8.99. The van der Waals surface area contributed by atoms with Crippen molar-refractivity contribution in [3.63, 3.8) is 0 Å². The minimum atomic E-state index is 0.344. The van der Waals surface area contributed by atoms with Gasteiger partial charge in [-0.25, -0.2) is 9.97 Å². The topological polar surface area (TPSA) is 91.2 Å². The van der Waals surface area contributed by atoms with Crippen LogP contribution in [0.25, 0.3) is 22.0 Å². The molecular formula is C30H28N6O. The van der Waals surface area contributed by atoms with Gasteiger partial charge in [0.2, 0.25) is 0 Å². The lowest BCUT2D eigenvalue weighted by Crippen LogP contribution is -2.03. The van der Waals surface area contributed by atoms with Gasteiger partial charge in [0.15, 0.2) is 0 Å². The van der Waals surface area contributed by atoms with Gasteiger partial charge in [-0.15, -0.1) is 0 Å². The van der Waals surface area contributed by atoms with E-state index in [2.05, 4.69) is 87.0 Å². The number of hydrogen-bond donors (Lipinski definition) is 3. The smallest absolute Gasteiger partial charge is 0.141 e. The Morgan fingerprint density at radius 3 is 2.81 bits per heavy atom. The van der Waals surface area contributed by atoms with E-state index in [-0.39, 0.29) is 0 Å². The van der Waals surface area contributed by atoms with E-state index in [4.69, 9.17) is 10.1 Å². The van der Waals surface area contributed by atoms with Gasteiger partial charge in [0.05, 0.1) is 24.8 Å². The first-order chi connectivity index (χ1) is 18.1. The highest BCUT2D eigenvalue weighted by Crippen LogP contribution is 2.30. The van der Waals surface area contributed by atoms with Gasteiger partial charge in [-0.1, -0.05) is 35.9 Å². The minimum absolute atomic E-state index is 0.344. The van der Waals surface area contributed by atoms with Gasteiger partial charge in [-0.2, -0.15) is 0 Å². The number of epoxide rings is 1. The van der Waals surface area contributed by atoms with Crippen LogP contribution >= 0.6 is 0 Å². The van der Waals surface area contributed by atoms with Crippen LogP contribution in [0.5, 0.6) is 0 Å². The molecule has 0 spiro atoms. The molecule has 0 amide bonds. The van der Waals surface area contributed by atoms with Crippen molar-refractivity contribution in [2.24, 2.45) is 0 Å². The molecule has 5 aromatic rings. The summed E-state index contributed by atoms with van der Waals surface area (Å²) in [6.07, 6.45) is 7.53. The van der Waals surface area contributed by atoms with Crippen molar-refractivity contribution in [1.82, 2.24) is 14.5 Å². The van der Waals surface area contributed by atoms with Crippen LogP contribution in [0.2, 0.25) is 0 Å². The highest BCUT2D eigenvalue weighted by atomic mass is 16.6. The van der Waals surface area contributed by atoms with E-state index >= 15 is 0 Å². The van der Waals surface area contributed by atoms with Gasteiger partial charge < -0.3 is 25.3 Å². The van der Waals surface area contributed by atoms with Crippen molar-refractivity contribution in [3.05, 3.63) is 102 Å². The lowest BCUT2D eigenvalue weighted by atomic mass is 10.1. The first-order valence-electron chi connectivity index (χ1n) is 12.4. The van der Waals surface area contributed by atoms with E-state index in [0.29, 0.717) is 12.6 Å². The van der Waals surface area contributed by atoms with Crippen LogP contribution in [0.4, 0.5) is 17.2 Å².